The van der Waals surface area contributed by atoms with Crippen molar-refractivity contribution in [1.82, 2.24) is 15.1 Å². The van der Waals surface area contributed by atoms with Crippen LogP contribution in [0.2, 0.25) is 0 Å². The van der Waals surface area contributed by atoms with Gasteiger partial charge in [-0.3, -0.25) is 9.80 Å². The summed E-state index contributed by atoms with van der Waals surface area (Å²) >= 11 is 0. The van der Waals surface area contributed by atoms with E-state index < -0.39 is 0 Å². The first-order valence-electron chi connectivity index (χ1n) is 9.05. The zero-order chi connectivity index (χ0) is 16.4. The number of likely N-dealkylation sites (tertiary alicyclic amines) is 1. The zero-order valence-electron chi connectivity index (χ0n) is 14.5. The first kappa shape index (κ1) is 15.9. The Balaban J connectivity index is 1.41. The lowest BCUT2D eigenvalue weighted by atomic mass is 10.1. The first-order chi connectivity index (χ1) is 11.8. The second kappa shape index (κ2) is 7.09. The Labute approximate surface area is 144 Å². The highest BCUT2D eigenvalue weighted by Crippen LogP contribution is 2.24. The van der Waals surface area contributed by atoms with Crippen LogP contribution in [0.15, 0.2) is 36.4 Å². The van der Waals surface area contributed by atoms with Crippen molar-refractivity contribution in [3.05, 3.63) is 42.0 Å². The van der Waals surface area contributed by atoms with E-state index in [1.807, 2.05) is 6.07 Å². The summed E-state index contributed by atoms with van der Waals surface area (Å²) in [7, 11) is 1.72. The SMILES string of the molecule is COc1ccc2cc(CN3CCC(N4CCNCC4)C3)ccc2c1. The maximum atomic E-state index is 5.31. The van der Waals surface area contributed by atoms with Crippen LogP contribution in [0, 0.1) is 0 Å². The van der Waals surface area contributed by atoms with E-state index in [1.54, 1.807) is 7.11 Å². The fourth-order valence-corrected chi connectivity index (χ4v) is 4.06. The van der Waals surface area contributed by atoms with Crippen LogP contribution < -0.4 is 10.1 Å². The summed E-state index contributed by atoms with van der Waals surface area (Å²) in [5.41, 5.74) is 1.41. The number of piperazine rings is 1. The average Bonchev–Trinajstić information content (AvgIpc) is 3.10. The molecule has 4 nitrogen and oxygen atoms in total. The molecule has 0 aromatic heterocycles. The summed E-state index contributed by atoms with van der Waals surface area (Å²) in [5, 5.41) is 6.00. The van der Waals surface area contributed by atoms with Crippen molar-refractivity contribution in [2.75, 3.05) is 46.4 Å². The van der Waals surface area contributed by atoms with Gasteiger partial charge in [0.2, 0.25) is 0 Å². The van der Waals surface area contributed by atoms with Gasteiger partial charge in [0.1, 0.15) is 5.75 Å². The minimum absolute atomic E-state index is 0.747. The van der Waals surface area contributed by atoms with Crippen LogP contribution in [0.1, 0.15) is 12.0 Å². The number of methoxy groups -OCH3 is 1. The molecular formula is C20H27N3O. The van der Waals surface area contributed by atoms with E-state index in [4.69, 9.17) is 4.74 Å². The summed E-state index contributed by atoms with van der Waals surface area (Å²) in [6, 6.07) is 13.9. The molecule has 4 rings (SSSR count). The molecule has 0 bridgehead atoms. The van der Waals surface area contributed by atoms with Crippen LogP contribution in [0.5, 0.6) is 5.75 Å². The molecule has 2 fully saturated rings. The summed E-state index contributed by atoms with van der Waals surface area (Å²) in [6.07, 6.45) is 1.31. The third kappa shape index (κ3) is 3.41. The van der Waals surface area contributed by atoms with Crippen molar-refractivity contribution in [1.29, 1.82) is 0 Å². The molecule has 1 unspecified atom stereocenters. The molecular weight excluding hydrogens is 298 g/mol. The van der Waals surface area contributed by atoms with Gasteiger partial charge in [-0.05, 0) is 41.0 Å². The summed E-state index contributed by atoms with van der Waals surface area (Å²) in [6.45, 7) is 8.18. The number of nitrogens with zero attached hydrogens (tertiary/aromatic N) is 2. The van der Waals surface area contributed by atoms with Gasteiger partial charge in [-0.25, -0.2) is 0 Å². The maximum Gasteiger partial charge on any atom is 0.119 e. The van der Waals surface area contributed by atoms with Gasteiger partial charge in [0.05, 0.1) is 7.11 Å². The number of rotatable bonds is 4. The molecule has 2 aromatic carbocycles. The summed E-state index contributed by atoms with van der Waals surface area (Å²) in [4.78, 5) is 5.28. The number of hydrogen-bond acceptors (Lipinski definition) is 4. The largest absolute Gasteiger partial charge is 0.497 e. The monoisotopic (exact) mass is 325 g/mol. The Morgan fingerprint density at radius 1 is 1.04 bits per heavy atom. The lowest BCUT2D eigenvalue weighted by Crippen LogP contribution is -2.49. The lowest BCUT2D eigenvalue weighted by molar-refractivity contribution is 0.170. The molecule has 0 saturated carbocycles. The molecule has 0 amide bonds. The highest BCUT2D eigenvalue weighted by atomic mass is 16.5. The molecule has 2 aliphatic rings. The molecule has 4 heteroatoms. The topological polar surface area (TPSA) is 27.7 Å². The smallest absolute Gasteiger partial charge is 0.119 e. The van der Waals surface area contributed by atoms with E-state index in [2.05, 4.69) is 45.4 Å². The number of nitrogens with one attached hydrogen (secondary N) is 1. The van der Waals surface area contributed by atoms with Crippen LogP contribution in [0.3, 0.4) is 0 Å². The molecule has 128 valence electrons. The van der Waals surface area contributed by atoms with Crippen molar-refractivity contribution in [3.8, 4) is 5.75 Å². The normalized spacial score (nSPS) is 23.0. The van der Waals surface area contributed by atoms with Crippen LogP contribution in [-0.4, -0.2) is 62.2 Å². The van der Waals surface area contributed by atoms with Crippen molar-refractivity contribution < 1.29 is 4.74 Å². The number of benzene rings is 2. The molecule has 1 N–H and O–H groups in total. The molecule has 1 atom stereocenters. The molecule has 24 heavy (non-hydrogen) atoms. The van der Waals surface area contributed by atoms with E-state index in [0.717, 1.165) is 31.4 Å². The third-order valence-electron chi connectivity index (χ3n) is 5.43. The molecule has 2 saturated heterocycles. The van der Waals surface area contributed by atoms with Gasteiger partial charge < -0.3 is 10.1 Å². The minimum atomic E-state index is 0.747. The molecule has 0 spiro atoms. The second-order valence-electron chi connectivity index (χ2n) is 7.01. The predicted molar refractivity (Wildman–Crippen MR) is 98.6 cm³/mol. The van der Waals surface area contributed by atoms with Gasteiger partial charge in [0.15, 0.2) is 0 Å². The molecule has 2 aromatic rings. The van der Waals surface area contributed by atoms with Gasteiger partial charge in [-0.2, -0.15) is 0 Å². The van der Waals surface area contributed by atoms with Gasteiger partial charge in [-0.1, -0.05) is 18.2 Å². The standard InChI is InChI=1S/C20H27N3O/c1-24-20-5-4-17-12-16(2-3-18(17)13-20)14-22-9-6-19(15-22)23-10-7-21-8-11-23/h2-5,12-13,19,21H,6-11,14-15H2,1H3. The molecule has 0 radical (unpaired) electrons. The van der Waals surface area contributed by atoms with E-state index >= 15 is 0 Å². The Morgan fingerprint density at radius 3 is 2.67 bits per heavy atom. The number of hydrogen-bond donors (Lipinski definition) is 1. The van der Waals surface area contributed by atoms with E-state index in [0.29, 0.717) is 0 Å². The summed E-state index contributed by atoms with van der Waals surface area (Å²) < 4.78 is 5.31. The van der Waals surface area contributed by atoms with E-state index in [-0.39, 0.29) is 0 Å². The lowest BCUT2D eigenvalue weighted by Gasteiger charge is -2.32. The molecule has 0 aliphatic carbocycles. The molecule has 2 aliphatic heterocycles. The van der Waals surface area contributed by atoms with Crippen molar-refractivity contribution in [2.45, 2.75) is 19.0 Å². The highest BCUT2D eigenvalue weighted by molar-refractivity contribution is 5.84. The predicted octanol–water partition coefficient (Wildman–Crippen LogP) is 2.33. The highest BCUT2D eigenvalue weighted by Gasteiger charge is 2.28. The maximum absolute atomic E-state index is 5.31. The van der Waals surface area contributed by atoms with Gasteiger partial charge in [-0.15, -0.1) is 0 Å². The van der Waals surface area contributed by atoms with Crippen LogP contribution in [0.25, 0.3) is 10.8 Å². The van der Waals surface area contributed by atoms with Crippen molar-refractivity contribution in [3.63, 3.8) is 0 Å². The van der Waals surface area contributed by atoms with Gasteiger partial charge in [0, 0.05) is 51.9 Å². The van der Waals surface area contributed by atoms with E-state index in [1.165, 1.54) is 48.9 Å². The van der Waals surface area contributed by atoms with Crippen LogP contribution >= 0.6 is 0 Å². The zero-order valence-corrected chi connectivity index (χ0v) is 14.5. The Bertz CT molecular complexity index is 696. The number of ether oxygens (including phenoxy) is 1. The minimum Gasteiger partial charge on any atom is -0.497 e. The second-order valence-corrected chi connectivity index (χ2v) is 7.01. The first-order valence-corrected chi connectivity index (χ1v) is 9.05. The fourth-order valence-electron chi connectivity index (χ4n) is 4.06. The van der Waals surface area contributed by atoms with Crippen LogP contribution in [0.4, 0.5) is 0 Å². The van der Waals surface area contributed by atoms with Crippen molar-refractivity contribution >= 4 is 10.8 Å². The molecule has 2 heterocycles. The third-order valence-corrected chi connectivity index (χ3v) is 5.43. The number of fused-ring (bicyclic) bond motifs is 1. The summed E-state index contributed by atoms with van der Waals surface area (Å²) in [5.74, 6) is 0.925. The fraction of sp³-hybridized carbons (Fsp3) is 0.500. The quantitative estimate of drug-likeness (QED) is 0.934. The van der Waals surface area contributed by atoms with Gasteiger partial charge in [0.25, 0.3) is 0 Å². The van der Waals surface area contributed by atoms with E-state index in [9.17, 15) is 0 Å². The van der Waals surface area contributed by atoms with Crippen LogP contribution in [-0.2, 0) is 6.54 Å². The Hall–Kier alpha value is -1.62. The van der Waals surface area contributed by atoms with Crippen molar-refractivity contribution in [2.24, 2.45) is 0 Å². The Morgan fingerprint density at radius 2 is 1.83 bits per heavy atom. The van der Waals surface area contributed by atoms with Gasteiger partial charge >= 0.3 is 0 Å². The Kier molecular flexibility index (Phi) is 4.69. The average molecular weight is 325 g/mol.